The first-order valence-corrected chi connectivity index (χ1v) is 6.73. The van der Waals surface area contributed by atoms with Gasteiger partial charge in [-0.2, -0.15) is 23.4 Å². The molecule has 2 aromatic heterocycles. The molecule has 2 aromatic rings. The fraction of sp³-hybridized carbons (Fsp3) is 0.364. The van der Waals surface area contributed by atoms with Gasteiger partial charge in [0.2, 0.25) is 0 Å². The van der Waals surface area contributed by atoms with E-state index in [1.54, 1.807) is 0 Å². The fourth-order valence-corrected chi connectivity index (χ4v) is 2.22. The summed E-state index contributed by atoms with van der Waals surface area (Å²) in [5, 5.41) is 19.0. The Morgan fingerprint density at radius 3 is 2.67 bits per heavy atom. The molecule has 0 aromatic carbocycles. The van der Waals surface area contributed by atoms with Crippen LogP contribution in [0.25, 0.3) is 0 Å². The molecule has 1 N–H and O–H groups in total. The SMILES string of the molecule is Cn1nc(C(F)(F)F)c(Cl)c1C(=O)NCCn1cc([N+](=O)[O-])cn1. The number of hydrogen-bond acceptors (Lipinski definition) is 5. The number of nitrogens with one attached hydrogen (secondary N) is 1. The first-order valence-electron chi connectivity index (χ1n) is 6.36. The van der Waals surface area contributed by atoms with Crippen LogP contribution in [0.4, 0.5) is 18.9 Å². The molecule has 130 valence electrons. The number of rotatable bonds is 5. The van der Waals surface area contributed by atoms with E-state index in [-0.39, 0.29) is 18.8 Å². The molecule has 13 heteroatoms. The number of carbonyl (C=O) groups excluding carboxylic acids is 1. The van der Waals surface area contributed by atoms with Crippen molar-refractivity contribution in [1.82, 2.24) is 24.9 Å². The predicted molar refractivity (Wildman–Crippen MR) is 74.4 cm³/mol. The lowest BCUT2D eigenvalue weighted by molar-refractivity contribution is -0.385. The molecular weight excluding hydrogens is 357 g/mol. The van der Waals surface area contributed by atoms with Crippen LogP contribution in [0.3, 0.4) is 0 Å². The lowest BCUT2D eigenvalue weighted by Crippen LogP contribution is -2.29. The predicted octanol–water partition coefficient (Wildman–Crippen LogP) is 1.63. The number of alkyl halides is 3. The molecule has 2 rings (SSSR count). The Morgan fingerprint density at radius 2 is 2.17 bits per heavy atom. The van der Waals surface area contributed by atoms with E-state index < -0.39 is 33.4 Å². The van der Waals surface area contributed by atoms with Crippen LogP contribution < -0.4 is 5.32 Å². The van der Waals surface area contributed by atoms with Crippen molar-refractivity contribution in [3.05, 3.63) is 38.9 Å². The Labute approximate surface area is 137 Å². The molecule has 9 nitrogen and oxygen atoms in total. The first kappa shape index (κ1) is 17.7. The second-order valence-corrected chi connectivity index (χ2v) is 4.99. The molecule has 0 radical (unpaired) electrons. The smallest absolute Gasteiger partial charge is 0.349 e. The van der Waals surface area contributed by atoms with Gasteiger partial charge in [0.05, 0.1) is 11.5 Å². The summed E-state index contributed by atoms with van der Waals surface area (Å²) in [6, 6.07) is 0. The minimum absolute atomic E-state index is 0.0273. The van der Waals surface area contributed by atoms with Crippen molar-refractivity contribution in [3.8, 4) is 0 Å². The minimum Gasteiger partial charge on any atom is -0.349 e. The molecular formula is C11H10ClF3N6O3. The van der Waals surface area contributed by atoms with E-state index in [0.717, 1.165) is 24.1 Å². The highest BCUT2D eigenvalue weighted by molar-refractivity contribution is 6.34. The van der Waals surface area contributed by atoms with E-state index in [0.29, 0.717) is 0 Å². The number of nitro groups is 1. The number of halogens is 4. The second-order valence-electron chi connectivity index (χ2n) is 4.61. The van der Waals surface area contributed by atoms with Crippen molar-refractivity contribution in [2.75, 3.05) is 6.54 Å². The molecule has 2 heterocycles. The maximum absolute atomic E-state index is 12.7. The van der Waals surface area contributed by atoms with Gasteiger partial charge in [-0.15, -0.1) is 0 Å². The van der Waals surface area contributed by atoms with E-state index in [2.05, 4.69) is 15.5 Å². The molecule has 0 aliphatic carbocycles. The number of nitrogens with zero attached hydrogens (tertiary/aromatic N) is 5. The molecule has 0 saturated carbocycles. The van der Waals surface area contributed by atoms with Crippen LogP contribution in [0.1, 0.15) is 16.2 Å². The minimum atomic E-state index is -4.78. The van der Waals surface area contributed by atoms with Gasteiger partial charge >= 0.3 is 11.9 Å². The van der Waals surface area contributed by atoms with Crippen molar-refractivity contribution >= 4 is 23.2 Å². The average molecular weight is 367 g/mol. The summed E-state index contributed by atoms with van der Waals surface area (Å²) in [7, 11) is 1.16. The third-order valence-electron chi connectivity index (χ3n) is 2.93. The molecule has 0 bridgehead atoms. The van der Waals surface area contributed by atoms with Crippen LogP contribution in [0.5, 0.6) is 0 Å². The maximum Gasteiger partial charge on any atom is 0.436 e. The van der Waals surface area contributed by atoms with Crippen molar-refractivity contribution in [1.29, 1.82) is 0 Å². The van der Waals surface area contributed by atoms with Crippen LogP contribution in [0, 0.1) is 10.1 Å². The topological polar surface area (TPSA) is 108 Å². The number of aryl methyl sites for hydroxylation is 1. The summed E-state index contributed by atoms with van der Waals surface area (Å²) in [4.78, 5) is 21.8. The van der Waals surface area contributed by atoms with Gasteiger partial charge in [-0.05, 0) is 0 Å². The highest BCUT2D eigenvalue weighted by Gasteiger charge is 2.39. The summed E-state index contributed by atoms with van der Waals surface area (Å²) in [5.41, 5.74) is -2.00. The fourth-order valence-electron chi connectivity index (χ4n) is 1.86. The summed E-state index contributed by atoms with van der Waals surface area (Å²) in [5.74, 6) is -0.854. The van der Waals surface area contributed by atoms with Crippen molar-refractivity contribution in [2.24, 2.45) is 7.05 Å². The molecule has 24 heavy (non-hydrogen) atoms. The zero-order valence-corrected chi connectivity index (χ0v) is 12.8. The zero-order valence-electron chi connectivity index (χ0n) is 12.0. The Morgan fingerprint density at radius 1 is 1.50 bits per heavy atom. The van der Waals surface area contributed by atoms with Gasteiger partial charge in [0.1, 0.15) is 23.1 Å². The standard InChI is InChI=1S/C11H10ClF3N6O3/c1-19-8(7(12)9(18-19)11(13,14)15)10(22)16-2-3-20-5-6(4-17-20)21(23)24/h4-5H,2-3H2,1H3,(H,16,22). The summed E-state index contributed by atoms with van der Waals surface area (Å²) in [6.45, 7) is 0.0572. The van der Waals surface area contributed by atoms with Crippen LogP contribution in [-0.4, -0.2) is 36.9 Å². The normalized spacial score (nSPS) is 11.5. The molecule has 0 unspecified atom stereocenters. The van der Waals surface area contributed by atoms with Gasteiger partial charge in [-0.3, -0.25) is 24.3 Å². The number of hydrogen-bond donors (Lipinski definition) is 1. The van der Waals surface area contributed by atoms with Gasteiger partial charge in [-0.25, -0.2) is 0 Å². The van der Waals surface area contributed by atoms with Gasteiger partial charge in [0, 0.05) is 13.6 Å². The van der Waals surface area contributed by atoms with Gasteiger partial charge < -0.3 is 5.32 Å². The van der Waals surface area contributed by atoms with Crippen LogP contribution in [-0.2, 0) is 19.8 Å². The second kappa shape index (κ2) is 6.47. The van der Waals surface area contributed by atoms with Crippen LogP contribution in [0.2, 0.25) is 5.02 Å². The molecule has 0 saturated heterocycles. The number of aromatic nitrogens is 4. The Bertz CT molecular complexity index is 785. The molecule has 0 atom stereocenters. The number of carbonyl (C=O) groups is 1. The lowest BCUT2D eigenvalue weighted by Gasteiger charge is -2.06. The molecule has 0 spiro atoms. The Balaban J connectivity index is 2.02. The van der Waals surface area contributed by atoms with E-state index in [4.69, 9.17) is 11.6 Å². The van der Waals surface area contributed by atoms with E-state index in [1.807, 2.05) is 0 Å². The van der Waals surface area contributed by atoms with Crippen molar-refractivity contribution in [2.45, 2.75) is 12.7 Å². The van der Waals surface area contributed by atoms with Gasteiger partial charge in [0.15, 0.2) is 5.69 Å². The Hall–Kier alpha value is -2.63. The summed E-state index contributed by atoms with van der Waals surface area (Å²) in [6.07, 6.45) is -2.58. The molecule has 1 amide bonds. The van der Waals surface area contributed by atoms with E-state index >= 15 is 0 Å². The average Bonchev–Trinajstić information content (AvgIpc) is 3.03. The Kier molecular flexibility index (Phi) is 4.78. The van der Waals surface area contributed by atoms with Crippen LogP contribution in [0.15, 0.2) is 12.4 Å². The third-order valence-corrected chi connectivity index (χ3v) is 3.29. The van der Waals surface area contributed by atoms with Crippen LogP contribution >= 0.6 is 11.6 Å². The van der Waals surface area contributed by atoms with Crippen molar-refractivity contribution < 1.29 is 22.9 Å². The van der Waals surface area contributed by atoms with Gasteiger partial charge in [-0.1, -0.05) is 11.6 Å². The molecule has 0 fully saturated rings. The summed E-state index contributed by atoms with van der Waals surface area (Å²) < 4.78 is 40.0. The third kappa shape index (κ3) is 3.64. The van der Waals surface area contributed by atoms with Crippen molar-refractivity contribution in [3.63, 3.8) is 0 Å². The maximum atomic E-state index is 12.7. The van der Waals surface area contributed by atoms with Gasteiger partial charge in [0.25, 0.3) is 5.91 Å². The highest BCUT2D eigenvalue weighted by Crippen LogP contribution is 2.35. The largest absolute Gasteiger partial charge is 0.436 e. The lowest BCUT2D eigenvalue weighted by atomic mass is 10.3. The molecule has 0 aliphatic rings. The summed E-state index contributed by atoms with van der Waals surface area (Å²) >= 11 is 5.59. The number of amides is 1. The molecule has 0 aliphatic heterocycles. The first-order chi connectivity index (χ1) is 11.1. The highest BCUT2D eigenvalue weighted by atomic mass is 35.5. The van der Waals surface area contributed by atoms with E-state index in [1.165, 1.54) is 4.68 Å². The van der Waals surface area contributed by atoms with E-state index in [9.17, 15) is 28.1 Å². The quantitative estimate of drug-likeness (QED) is 0.639. The monoisotopic (exact) mass is 366 g/mol. The zero-order chi connectivity index (χ0) is 18.1.